The highest BCUT2D eigenvalue weighted by molar-refractivity contribution is 6.35. The van der Waals surface area contributed by atoms with E-state index in [1.807, 2.05) is 36.4 Å². The second-order valence-corrected chi connectivity index (χ2v) is 13.9. The summed E-state index contributed by atoms with van der Waals surface area (Å²) in [6, 6.07) is 13.5. The summed E-state index contributed by atoms with van der Waals surface area (Å²) in [5, 5.41) is 29.1. The number of nitriles is 1. The molecule has 2 aliphatic rings. The molecule has 5 aromatic rings. The number of hydrogen-bond donors (Lipinski definition) is 2. The van der Waals surface area contributed by atoms with Crippen molar-refractivity contribution in [1.29, 1.82) is 5.26 Å². The number of halogens is 1. The maximum Gasteiger partial charge on any atom is 0.258 e. The van der Waals surface area contributed by atoms with Crippen LogP contribution < -0.4 is 16.2 Å². The van der Waals surface area contributed by atoms with Gasteiger partial charge in [-0.1, -0.05) is 49.7 Å². The number of hydrogen-bond acceptors (Lipinski definition) is 7. The summed E-state index contributed by atoms with van der Waals surface area (Å²) in [6.45, 7) is 7.08. The van der Waals surface area contributed by atoms with E-state index in [0.29, 0.717) is 39.6 Å². The maximum atomic E-state index is 13.1. The zero-order valence-electron chi connectivity index (χ0n) is 25.4. The van der Waals surface area contributed by atoms with Gasteiger partial charge in [0.1, 0.15) is 11.8 Å². The molecule has 3 heterocycles. The Kier molecular flexibility index (Phi) is 6.67. The number of fused-ring (bicyclic) bond motifs is 2. The summed E-state index contributed by atoms with van der Waals surface area (Å²) in [4.78, 5) is 17.6. The maximum absolute atomic E-state index is 13.1. The molecule has 2 aromatic carbocycles. The van der Waals surface area contributed by atoms with Gasteiger partial charge in [0.25, 0.3) is 5.56 Å². The molecule has 44 heavy (non-hydrogen) atoms. The highest BCUT2D eigenvalue weighted by Gasteiger charge is 2.56. The third-order valence-electron chi connectivity index (χ3n) is 8.98. The minimum Gasteiger partial charge on any atom is -0.383 e. The summed E-state index contributed by atoms with van der Waals surface area (Å²) in [5.41, 5.74) is 4.20. The number of nitrogens with one attached hydrogen (secondary N) is 2. The minimum absolute atomic E-state index is 0.0102. The number of pyridine rings is 2. The molecule has 9 nitrogen and oxygen atoms in total. The van der Waals surface area contributed by atoms with Crippen LogP contribution >= 0.6 is 11.6 Å². The van der Waals surface area contributed by atoms with Crippen molar-refractivity contribution in [2.45, 2.75) is 58.0 Å². The average molecular weight is 607 g/mol. The van der Waals surface area contributed by atoms with Crippen molar-refractivity contribution < 1.29 is 0 Å². The van der Waals surface area contributed by atoms with Gasteiger partial charge in [-0.2, -0.15) is 5.26 Å². The van der Waals surface area contributed by atoms with Crippen LogP contribution in [0.25, 0.3) is 21.7 Å². The van der Waals surface area contributed by atoms with Crippen LogP contribution in [0.2, 0.25) is 5.02 Å². The van der Waals surface area contributed by atoms with E-state index in [9.17, 15) is 10.1 Å². The molecule has 0 amide bonds. The van der Waals surface area contributed by atoms with E-state index in [-0.39, 0.29) is 16.5 Å². The van der Waals surface area contributed by atoms with E-state index < -0.39 is 6.04 Å². The smallest absolute Gasteiger partial charge is 0.258 e. The molecule has 224 valence electrons. The molecule has 1 atom stereocenters. The number of benzene rings is 2. The molecule has 2 N–H and O–H groups in total. The van der Waals surface area contributed by atoms with Gasteiger partial charge in [0.2, 0.25) is 0 Å². The SMILES string of the molecule is Cn1ccc2c(C(Nc3cc(Cl)c4ncc(C#N)c(NCC(C)(C)C)c4c3)c3cn(C4(C5CC5)CC4)nn3)cccc2c1=O. The first kappa shape index (κ1) is 28.4. The number of nitrogens with zero attached hydrogens (tertiary/aromatic N) is 6. The fraction of sp³-hybridized carbons (Fsp3) is 0.382. The molecule has 1 unspecified atom stereocenters. The molecular formula is C34H35ClN8O. The number of aryl methyl sites for hydroxylation is 1. The highest BCUT2D eigenvalue weighted by atomic mass is 35.5. The fourth-order valence-corrected chi connectivity index (χ4v) is 6.57. The molecule has 0 aliphatic heterocycles. The summed E-state index contributed by atoms with van der Waals surface area (Å²) < 4.78 is 3.66. The number of anilines is 2. The lowest BCUT2D eigenvalue weighted by atomic mass is 9.96. The van der Waals surface area contributed by atoms with Crippen LogP contribution in [-0.2, 0) is 12.6 Å². The van der Waals surface area contributed by atoms with Crippen LogP contribution in [0.5, 0.6) is 0 Å². The lowest BCUT2D eigenvalue weighted by Crippen LogP contribution is -2.20. The third kappa shape index (κ3) is 4.97. The molecule has 7 rings (SSSR count). The Morgan fingerprint density at radius 2 is 1.95 bits per heavy atom. The van der Waals surface area contributed by atoms with Gasteiger partial charge in [-0.25, -0.2) is 4.68 Å². The zero-order chi connectivity index (χ0) is 30.8. The molecule has 2 saturated carbocycles. The standard InChI is InChI=1S/C34H35ClN8O/c1-33(2,3)19-38-29-20(16-36)17-37-30-26(29)14-22(15-27(30)35)39-31(24-6-5-7-25-23(24)10-13-42(4)32(25)44)28-18-43(41-40-28)34(11-12-34)21-8-9-21/h5-7,10,13-15,17-18,21,31,39H,8-9,11-12,19H2,1-4H3,(H,37,38). The van der Waals surface area contributed by atoms with Gasteiger partial charge in [0.15, 0.2) is 0 Å². The lowest BCUT2D eigenvalue weighted by Gasteiger charge is -2.23. The Morgan fingerprint density at radius 1 is 1.16 bits per heavy atom. The van der Waals surface area contributed by atoms with Crippen LogP contribution in [0.1, 0.15) is 69.3 Å². The van der Waals surface area contributed by atoms with Gasteiger partial charge in [0, 0.05) is 42.4 Å². The van der Waals surface area contributed by atoms with E-state index in [2.05, 4.69) is 58.6 Å². The van der Waals surface area contributed by atoms with Crippen LogP contribution in [0, 0.1) is 22.7 Å². The first-order valence-corrected chi connectivity index (χ1v) is 15.5. The molecule has 2 aliphatic carbocycles. The fourth-order valence-electron chi connectivity index (χ4n) is 6.30. The Bertz CT molecular complexity index is 2020. The number of rotatable bonds is 8. The molecule has 0 spiro atoms. The van der Waals surface area contributed by atoms with Crippen molar-refractivity contribution in [3.63, 3.8) is 0 Å². The molecule has 2 fully saturated rings. The predicted octanol–water partition coefficient (Wildman–Crippen LogP) is 6.76. The van der Waals surface area contributed by atoms with E-state index in [1.165, 1.54) is 12.8 Å². The largest absolute Gasteiger partial charge is 0.383 e. The normalized spacial score (nSPS) is 16.5. The third-order valence-corrected chi connectivity index (χ3v) is 9.27. The van der Waals surface area contributed by atoms with E-state index in [1.54, 1.807) is 24.0 Å². The van der Waals surface area contributed by atoms with Crippen LogP contribution in [0.15, 0.2) is 59.8 Å². The van der Waals surface area contributed by atoms with Crippen molar-refractivity contribution in [2.24, 2.45) is 18.4 Å². The first-order chi connectivity index (χ1) is 21.1. The van der Waals surface area contributed by atoms with Crippen molar-refractivity contribution >= 4 is 44.7 Å². The van der Waals surface area contributed by atoms with Gasteiger partial charge in [-0.3, -0.25) is 9.78 Å². The second kappa shape index (κ2) is 10.3. The van der Waals surface area contributed by atoms with E-state index >= 15 is 0 Å². The van der Waals surface area contributed by atoms with Gasteiger partial charge >= 0.3 is 0 Å². The Labute approximate surface area is 260 Å². The van der Waals surface area contributed by atoms with Crippen molar-refractivity contribution in [1.82, 2.24) is 24.5 Å². The topological polar surface area (TPSA) is 113 Å². The Hall–Kier alpha value is -4.42. The summed E-state index contributed by atoms with van der Waals surface area (Å²) in [6.07, 6.45) is 10.2. The lowest BCUT2D eigenvalue weighted by molar-refractivity contribution is 0.371. The van der Waals surface area contributed by atoms with Crippen LogP contribution in [-0.4, -0.2) is 31.1 Å². The van der Waals surface area contributed by atoms with Crippen molar-refractivity contribution in [3.05, 3.63) is 87.2 Å². The molecule has 0 radical (unpaired) electrons. The van der Waals surface area contributed by atoms with Gasteiger partial charge in [0.05, 0.1) is 39.6 Å². The second-order valence-electron chi connectivity index (χ2n) is 13.5. The van der Waals surface area contributed by atoms with Crippen molar-refractivity contribution in [2.75, 3.05) is 17.2 Å². The van der Waals surface area contributed by atoms with Crippen LogP contribution in [0.3, 0.4) is 0 Å². The van der Waals surface area contributed by atoms with Crippen LogP contribution in [0.4, 0.5) is 11.4 Å². The Balaban J connectivity index is 1.37. The van der Waals surface area contributed by atoms with Gasteiger partial charge in [-0.15, -0.1) is 5.10 Å². The molecule has 0 bridgehead atoms. The van der Waals surface area contributed by atoms with E-state index in [4.69, 9.17) is 16.7 Å². The first-order valence-electron chi connectivity index (χ1n) is 15.1. The quantitative estimate of drug-likeness (QED) is 0.200. The molecule has 0 saturated heterocycles. The number of aromatic nitrogens is 5. The highest BCUT2D eigenvalue weighted by Crippen LogP contribution is 2.59. The summed E-state index contributed by atoms with van der Waals surface area (Å²) >= 11 is 6.85. The predicted molar refractivity (Wildman–Crippen MR) is 174 cm³/mol. The van der Waals surface area contributed by atoms with Crippen molar-refractivity contribution in [3.8, 4) is 6.07 Å². The average Bonchev–Trinajstić information content (AvgIpc) is 3.93. The van der Waals surface area contributed by atoms with Gasteiger partial charge in [-0.05, 0) is 72.2 Å². The minimum atomic E-state index is -0.429. The van der Waals surface area contributed by atoms with E-state index in [0.717, 1.165) is 40.6 Å². The zero-order valence-corrected chi connectivity index (χ0v) is 26.1. The Morgan fingerprint density at radius 3 is 2.66 bits per heavy atom. The monoisotopic (exact) mass is 606 g/mol. The van der Waals surface area contributed by atoms with Gasteiger partial charge < -0.3 is 15.2 Å². The molecule has 3 aromatic heterocycles. The molecule has 10 heteroatoms. The summed E-state index contributed by atoms with van der Waals surface area (Å²) in [5.74, 6) is 0.671. The molecular weight excluding hydrogens is 572 g/mol. The summed E-state index contributed by atoms with van der Waals surface area (Å²) in [7, 11) is 1.76.